The number of hydrogen-bond acceptors (Lipinski definition) is 2. The van der Waals surface area contributed by atoms with Gasteiger partial charge in [0.25, 0.3) is 0 Å². The molecule has 0 fully saturated rings. The van der Waals surface area contributed by atoms with Crippen LogP contribution in [0.1, 0.15) is 5.56 Å². The molecular formula is C9H6FNO. The number of anilines is 1. The van der Waals surface area contributed by atoms with Crippen LogP contribution in [0.4, 0.5) is 10.1 Å². The topological polar surface area (TPSA) is 43.1 Å². The van der Waals surface area contributed by atoms with Gasteiger partial charge in [0.1, 0.15) is 5.82 Å². The molecule has 0 aliphatic carbocycles. The summed E-state index contributed by atoms with van der Waals surface area (Å²) in [6.07, 6.45) is 0.435. The van der Waals surface area contributed by atoms with Crippen LogP contribution >= 0.6 is 0 Å². The van der Waals surface area contributed by atoms with Crippen LogP contribution in [0.5, 0.6) is 0 Å². The van der Waals surface area contributed by atoms with Crippen molar-refractivity contribution in [1.29, 1.82) is 0 Å². The summed E-state index contributed by atoms with van der Waals surface area (Å²) in [5.74, 6) is 4.16. The van der Waals surface area contributed by atoms with Crippen molar-refractivity contribution in [3.8, 4) is 11.8 Å². The molecule has 0 radical (unpaired) electrons. The predicted molar refractivity (Wildman–Crippen MR) is 43.8 cm³/mol. The van der Waals surface area contributed by atoms with E-state index in [4.69, 9.17) is 5.73 Å². The maximum atomic E-state index is 12.6. The molecule has 0 heterocycles. The Hall–Kier alpha value is -1.82. The molecule has 3 heteroatoms. The maximum Gasteiger partial charge on any atom is 0.193 e. The third-order valence-electron chi connectivity index (χ3n) is 1.28. The molecule has 0 saturated heterocycles. The molecule has 0 aliphatic rings. The van der Waals surface area contributed by atoms with Crippen molar-refractivity contribution in [1.82, 2.24) is 0 Å². The molecule has 2 N–H and O–H groups in total. The van der Waals surface area contributed by atoms with Crippen LogP contribution in [-0.4, -0.2) is 6.29 Å². The smallest absolute Gasteiger partial charge is 0.193 e. The van der Waals surface area contributed by atoms with Crippen molar-refractivity contribution in [2.45, 2.75) is 0 Å². The summed E-state index contributed by atoms with van der Waals surface area (Å²) in [4.78, 5) is 9.87. The zero-order valence-electron chi connectivity index (χ0n) is 6.17. The lowest BCUT2D eigenvalue weighted by Crippen LogP contribution is -1.90. The fraction of sp³-hybridized carbons (Fsp3) is 0. The van der Waals surface area contributed by atoms with Gasteiger partial charge in [-0.1, -0.05) is 5.92 Å². The van der Waals surface area contributed by atoms with Gasteiger partial charge >= 0.3 is 0 Å². The van der Waals surface area contributed by atoms with Gasteiger partial charge in [0.2, 0.25) is 0 Å². The summed E-state index contributed by atoms with van der Waals surface area (Å²) in [7, 11) is 0. The first-order valence-corrected chi connectivity index (χ1v) is 3.24. The first-order chi connectivity index (χ1) is 5.74. The van der Waals surface area contributed by atoms with Gasteiger partial charge in [-0.15, -0.1) is 0 Å². The van der Waals surface area contributed by atoms with Gasteiger partial charge in [0.05, 0.1) is 5.56 Å². The number of halogens is 1. The molecule has 1 aromatic rings. The molecule has 0 atom stereocenters. The molecule has 0 bridgehead atoms. The van der Waals surface area contributed by atoms with Crippen LogP contribution in [0.15, 0.2) is 18.2 Å². The number of nitrogens with two attached hydrogens (primary N) is 1. The standard InChI is InChI=1S/C9H6FNO/c10-8-3-4-9(11)7(6-8)2-1-5-12/h3-6H,11H2. The second-order valence-electron chi connectivity index (χ2n) is 2.12. The zero-order chi connectivity index (χ0) is 8.97. The number of hydrogen-bond donors (Lipinski definition) is 1. The number of carbonyl (C=O) groups excluding carboxylic acids is 1. The molecule has 1 rings (SSSR count). The highest BCUT2D eigenvalue weighted by atomic mass is 19.1. The number of aldehydes is 1. The summed E-state index contributed by atoms with van der Waals surface area (Å²) < 4.78 is 12.6. The van der Waals surface area contributed by atoms with Crippen LogP contribution < -0.4 is 5.73 Å². The Labute approximate surface area is 69.2 Å². The van der Waals surface area contributed by atoms with Gasteiger partial charge < -0.3 is 5.73 Å². The van der Waals surface area contributed by atoms with Crippen molar-refractivity contribution in [2.75, 3.05) is 5.73 Å². The highest BCUT2D eigenvalue weighted by Crippen LogP contribution is 2.11. The second-order valence-corrected chi connectivity index (χ2v) is 2.12. The Morgan fingerprint density at radius 3 is 2.92 bits per heavy atom. The van der Waals surface area contributed by atoms with Crippen LogP contribution in [0.25, 0.3) is 0 Å². The van der Waals surface area contributed by atoms with Crippen molar-refractivity contribution in [2.24, 2.45) is 0 Å². The Balaban J connectivity index is 3.13. The van der Waals surface area contributed by atoms with Crippen LogP contribution in [0.3, 0.4) is 0 Å². The molecule has 0 saturated carbocycles. The quantitative estimate of drug-likeness (QED) is 0.351. The minimum Gasteiger partial charge on any atom is -0.398 e. The van der Waals surface area contributed by atoms with Gasteiger partial charge in [-0.2, -0.15) is 0 Å². The highest BCUT2D eigenvalue weighted by molar-refractivity contribution is 5.75. The fourth-order valence-corrected chi connectivity index (χ4v) is 0.744. The normalized spacial score (nSPS) is 8.42. The van der Waals surface area contributed by atoms with Gasteiger partial charge in [0.15, 0.2) is 6.29 Å². The van der Waals surface area contributed by atoms with E-state index in [1.165, 1.54) is 18.2 Å². The van der Waals surface area contributed by atoms with Crippen molar-refractivity contribution >= 4 is 12.0 Å². The van der Waals surface area contributed by atoms with Gasteiger partial charge in [0, 0.05) is 5.69 Å². The first-order valence-electron chi connectivity index (χ1n) is 3.24. The van der Waals surface area contributed by atoms with Crippen LogP contribution in [0, 0.1) is 17.7 Å². The van der Waals surface area contributed by atoms with Crippen molar-refractivity contribution in [3.05, 3.63) is 29.6 Å². The van der Waals surface area contributed by atoms with E-state index in [9.17, 15) is 9.18 Å². The molecule has 0 aromatic heterocycles. The molecule has 0 spiro atoms. The van der Waals surface area contributed by atoms with E-state index in [1.54, 1.807) is 0 Å². The first kappa shape index (κ1) is 8.28. The molecule has 2 nitrogen and oxygen atoms in total. The zero-order valence-corrected chi connectivity index (χ0v) is 6.17. The Bertz CT molecular complexity index is 363. The minimum absolute atomic E-state index is 0.335. The molecule has 0 aliphatic heterocycles. The number of carbonyl (C=O) groups is 1. The average molecular weight is 163 g/mol. The Morgan fingerprint density at radius 2 is 2.25 bits per heavy atom. The van der Waals surface area contributed by atoms with Gasteiger partial charge in [-0.3, -0.25) is 4.79 Å². The van der Waals surface area contributed by atoms with E-state index in [2.05, 4.69) is 11.8 Å². The summed E-state index contributed by atoms with van der Waals surface area (Å²) in [5.41, 5.74) is 6.15. The molecule has 0 unspecified atom stereocenters. The third-order valence-corrected chi connectivity index (χ3v) is 1.28. The SMILES string of the molecule is Nc1ccc(F)cc1C#CC=O. The number of rotatable bonds is 0. The average Bonchev–Trinajstić information content (AvgIpc) is 2.07. The van der Waals surface area contributed by atoms with Gasteiger partial charge in [-0.25, -0.2) is 4.39 Å². The largest absolute Gasteiger partial charge is 0.398 e. The Kier molecular flexibility index (Phi) is 2.44. The van der Waals surface area contributed by atoms with E-state index in [-0.39, 0.29) is 0 Å². The molecule has 1 aromatic carbocycles. The van der Waals surface area contributed by atoms with Crippen LogP contribution in [-0.2, 0) is 4.79 Å². The summed E-state index contributed by atoms with van der Waals surface area (Å²) in [5, 5.41) is 0. The lowest BCUT2D eigenvalue weighted by atomic mass is 10.2. The lowest BCUT2D eigenvalue weighted by Gasteiger charge is -1.95. The fourth-order valence-electron chi connectivity index (χ4n) is 0.744. The third kappa shape index (κ3) is 1.83. The van der Waals surface area contributed by atoms with E-state index in [0.29, 0.717) is 17.5 Å². The lowest BCUT2D eigenvalue weighted by molar-refractivity contribution is -0.103. The number of nitrogen functional groups attached to an aromatic ring is 1. The Morgan fingerprint density at radius 1 is 1.50 bits per heavy atom. The number of benzene rings is 1. The van der Waals surface area contributed by atoms with E-state index < -0.39 is 5.82 Å². The minimum atomic E-state index is -0.417. The highest BCUT2D eigenvalue weighted by Gasteiger charge is 1.96. The van der Waals surface area contributed by atoms with E-state index in [0.717, 1.165) is 0 Å². The molecule has 12 heavy (non-hydrogen) atoms. The molecule has 0 amide bonds. The maximum absolute atomic E-state index is 12.6. The van der Waals surface area contributed by atoms with Gasteiger partial charge in [-0.05, 0) is 24.1 Å². The molecule has 60 valence electrons. The van der Waals surface area contributed by atoms with Crippen molar-refractivity contribution in [3.63, 3.8) is 0 Å². The summed E-state index contributed by atoms with van der Waals surface area (Å²) >= 11 is 0. The predicted octanol–water partition coefficient (Wildman–Crippen LogP) is 0.958. The van der Waals surface area contributed by atoms with Crippen LogP contribution in [0.2, 0.25) is 0 Å². The second kappa shape index (κ2) is 3.54. The van der Waals surface area contributed by atoms with E-state index >= 15 is 0 Å². The molecular weight excluding hydrogens is 157 g/mol. The summed E-state index contributed by atoms with van der Waals surface area (Å²) in [6, 6.07) is 3.83. The summed E-state index contributed by atoms with van der Waals surface area (Å²) in [6.45, 7) is 0. The van der Waals surface area contributed by atoms with E-state index in [1.807, 2.05) is 0 Å². The van der Waals surface area contributed by atoms with Crippen molar-refractivity contribution < 1.29 is 9.18 Å². The monoisotopic (exact) mass is 163 g/mol.